The van der Waals surface area contributed by atoms with Crippen LogP contribution in [0.3, 0.4) is 0 Å². The fourth-order valence-electron chi connectivity index (χ4n) is 2.65. The third-order valence-corrected chi connectivity index (χ3v) is 3.76. The summed E-state index contributed by atoms with van der Waals surface area (Å²) in [4.78, 5) is 0. The summed E-state index contributed by atoms with van der Waals surface area (Å²) in [6, 6.07) is 2.32. The predicted octanol–water partition coefficient (Wildman–Crippen LogP) is 2.86. The van der Waals surface area contributed by atoms with Crippen LogP contribution in [-0.2, 0) is 4.74 Å². The minimum Gasteiger partial charge on any atom is -0.375 e. The highest BCUT2D eigenvalue weighted by Gasteiger charge is 2.29. The lowest BCUT2D eigenvalue weighted by Gasteiger charge is -2.33. The topological polar surface area (TPSA) is 45.0 Å². The molecule has 1 aliphatic rings. The van der Waals surface area contributed by atoms with Gasteiger partial charge in [0.2, 0.25) is 0 Å². The Bertz CT molecular complexity index is 261. The summed E-state index contributed by atoms with van der Waals surface area (Å²) in [5, 5.41) is 12.4. The molecule has 1 N–H and O–H groups in total. The summed E-state index contributed by atoms with van der Waals surface area (Å²) in [6.07, 6.45) is 6.60. The number of hydrogen-bond donors (Lipinski definition) is 1. The standard InChI is InChI=1S/C14H26N2O/c1-4-12-8-6-7-9-13(12)17-11-14(3,10-15)16-5-2/h12-13,16H,4-9,11H2,1-3H3. The summed E-state index contributed by atoms with van der Waals surface area (Å²) in [5.41, 5.74) is -0.537. The lowest BCUT2D eigenvalue weighted by atomic mass is 9.84. The SMILES string of the molecule is CCNC(C)(C#N)COC1CCCCC1CC. The molecular weight excluding hydrogens is 212 g/mol. The molecule has 0 aromatic heterocycles. The molecule has 0 aromatic rings. The molecular formula is C14H26N2O. The van der Waals surface area contributed by atoms with Crippen molar-refractivity contribution in [3.05, 3.63) is 0 Å². The minimum absolute atomic E-state index is 0.361. The van der Waals surface area contributed by atoms with Gasteiger partial charge in [-0.3, -0.25) is 5.32 Å². The first-order chi connectivity index (χ1) is 8.15. The molecule has 3 unspecified atom stereocenters. The van der Waals surface area contributed by atoms with E-state index in [1.165, 1.54) is 25.7 Å². The van der Waals surface area contributed by atoms with Gasteiger partial charge in [0.25, 0.3) is 0 Å². The van der Waals surface area contributed by atoms with E-state index in [-0.39, 0.29) is 0 Å². The molecule has 0 amide bonds. The van der Waals surface area contributed by atoms with Crippen LogP contribution in [0, 0.1) is 17.2 Å². The van der Waals surface area contributed by atoms with Gasteiger partial charge >= 0.3 is 0 Å². The normalized spacial score (nSPS) is 28.4. The summed E-state index contributed by atoms with van der Waals surface area (Å²) in [6.45, 7) is 7.47. The van der Waals surface area contributed by atoms with Crippen molar-refractivity contribution in [2.75, 3.05) is 13.2 Å². The lowest BCUT2D eigenvalue weighted by Crippen LogP contribution is -2.46. The molecule has 0 aromatic carbocycles. The van der Waals surface area contributed by atoms with Crippen LogP contribution in [0.25, 0.3) is 0 Å². The van der Waals surface area contributed by atoms with E-state index in [1.54, 1.807) is 0 Å². The lowest BCUT2D eigenvalue weighted by molar-refractivity contribution is -0.0285. The van der Waals surface area contributed by atoms with Crippen LogP contribution in [0.15, 0.2) is 0 Å². The van der Waals surface area contributed by atoms with E-state index in [1.807, 2.05) is 13.8 Å². The molecule has 3 nitrogen and oxygen atoms in total. The molecule has 3 atom stereocenters. The van der Waals surface area contributed by atoms with Gasteiger partial charge < -0.3 is 4.74 Å². The zero-order chi connectivity index (χ0) is 12.7. The molecule has 3 heteroatoms. The van der Waals surface area contributed by atoms with Crippen molar-refractivity contribution in [3.63, 3.8) is 0 Å². The van der Waals surface area contributed by atoms with Gasteiger partial charge in [-0.05, 0) is 32.2 Å². The summed E-state index contributed by atoms with van der Waals surface area (Å²) in [7, 11) is 0. The van der Waals surface area contributed by atoms with Crippen molar-refractivity contribution in [2.24, 2.45) is 5.92 Å². The molecule has 0 radical (unpaired) electrons. The molecule has 0 spiro atoms. The van der Waals surface area contributed by atoms with E-state index in [0.717, 1.165) is 13.0 Å². The molecule has 98 valence electrons. The van der Waals surface area contributed by atoms with E-state index < -0.39 is 5.54 Å². The van der Waals surface area contributed by atoms with E-state index in [4.69, 9.17) is 4.74 Å². The summed E-state index contributed by atoms with van der Waals surface area (Å²) in [5.74, 6) is 0.688. The van der Waals surface area contributed by atoms with Gasteiger partial charge in [-0.2, -0.15) is 5.26 Å². The van der Waals surface area contributed by atoms with Gasteiger partial charge in [0.1, 0.15) is 5.54 Å². The Labute approximate surface area is 106 Å². The fraction of sp³-hybridized carbons (Fsp3) is 0.929. The van der Waals surface area contributed by atoms with Gasteiger partial charge in [-0.25, -0.2) is 0 Å². The van der Waals surface area contributed by atoms with Crippen LogP contribution in [0.5, 0.6) is 0 Å². The van der Waals surface area contributed by atoms with Crippen LogP contribution in [0.4, 0.5) is 0 Å². The smallest absolute Gasteiger partial charge is 0.127 e. The van der Waals surface area contributed by atoms with Gasteiger partial charge in [0, 0.05) is 0 Å². The molecule has 0 bridgehead atoms. The molecule has 1 saturated carbocycles. The monoisotopic (exact) mass is 238 g/mol. The van der Waals surface area contributed by atoms with Gasteiger partial charge in [0.05, 0.1) is 18.8 Å². The van der Waals surface area contributed by atoms with Crippen molar-refractivity contribution in [2.45, 2.75) is 64.5 Å². The Morgan fingerprint density at radius 2 is 2.06 bits per heavy atom. The zero-order valence-electron chi connectivity index (χ0n) is 11.5. The highest BCUT2D eigenvalue weighted by molar-refractivity contribution is 5.03. The van der Waals surface area contributed by atoms with Crippen molar-refractivity contribution >= 4 is 0 Å². The van der Waals surface area contributed by atoms with Crippen LogP contribution in [0.1, 0.15) is 52.9 Å². The van der Waals surface area contributed by atoms with Crippen molar-refractivity contribution in [1.82, 2.24) is 5.32 Å². The average Bonchev–Trinajstić information content (AvgIpc) is 2.37. The molecule has 17 heavy (non-hydrogen) atoms. The van der Waals surface area contributed by atoms with Crippen molar-refractivity contribution in [3.8, 4) is 6.07 Å². The maximum atomic E-state index is 9.18. The van der Waals surface area contributed by atoms with Crippen LogP contribution in [0.2, 0.25) is 0 Å². The van der Waals surface area contributed by atoms with Crippen LogP contribution in [-0.4, -0.2) is 24.8 Å². The summed E-state index contributed by atoms with van der Waals surface area (Å²) < 4.78 is 6.01. The number of nitriles is 1. The second-order valence-corrected chi connectivity index (χ2v) is 5.28. The van der Waals surface area contributed by atoms with Gasteiger partial charge in [-0.15, -0.1) is 0 Å². The Morgan fingerprint density at radius 1 is 1.35 bits per heavy atom. The van der Waals surface area contributed by atoms with E-state index in [9.17, 15) is 5.26 Å². The van der Waals surface area contributed by atoms with E-state index in [0.29, 0.717) is 18.6 Å². The molecule has 0 aliphatic heterocycles. The van der Waals surface area contributed by atoms with Crippen LogP contribution >= 0.6 is 0 Å². The Balaban J connectivity index is 2.45. The maximum absolute atomic E-state index is 9.18. The van der Waals surface area contributed by atoms with E-state index >= 15 is 0 Å². The second-order valence-electron chi connectivity index (χ2n) is 5.28. The highest BCUT2D eigenvalue weighted by Crippen LogP contribution is 2.29. The third-order valence-electron chi connectivity index (χ3n) is 3.76. The number of rotatable bonds is 6. The first-order valence-electron chi connectivity index (χ1n) is 6.93. The van der Waals surface area contributed by atoms with Crippen molar-refractivity contribution in [1.29, 1.82) is 5.26 Å². The molecule has 1 fully saturated rings. The number of ether oxygens (including phenoxy) is 1. The average molecular weight is 238 g/mol. The Hall–Kier alpha value is -0.590. The van der Waals surface area contributed by atoms with Crippen LogP contribution < -0.4 is 5.32 Å². The van der Waals surface area contributed by atoms with Crippen molar-refractivity contribution < 1.29 is 4.74 Å². The highest BCUT2D eigenvalue weighted by atomic mass is 16.5. The first kappa shape index (κ1) is 14.5. The van der Waals surface area contributed by atoms with E-state index in [2.05, 4.69) is 18.3 Å². The number of nitrogens with one attached hydrogen (secondary N) is 1. The minimum atomic E-state index is -0.537. The molecule has 0 heterocycles. The third kappa shape index (κ3) is 4.29. The molecule has 1 rings (SSSR count). The zero-order valence-corrected chi connectivity index (χ0v) is 11.5. The Morgan fingerprint density at radius 3 is 2.65 bits per heavy atom. The number of hydrogen-bond acceptors (Lipinski definition) is 3. The first-order valence-corrected chi connectivity index (χ1v) is 6.93. The second kappa shape index (κ2) is 6.98. The maximum Gasteiger partial charge on any atom is 0.127 e. The Kier molecular flexibility index (Phi) is 5.94. The molecule has 0 saturated heterocycles. The quantitative estimate of drug-likeness (QED) is 0.774. The summed E-state index contributed by atoms with van der Waals surface area (Å²) >= 11 is 0. The van der Waals surface area contributed by atoms with Gasteiger partial charge in [-0.1, -0.05) is 33.1 Å². The van der Waals surface area contributed by atoms with Gasteiger partial charge in [0.15, 0.2) is 0 Å². The number of nitrogens with zero attached hydrogens (tertiary/aromatic N) is 1. The largest absolute Gasteiger partial charge is 0.375 e. The predicted molar refractivity (Wildman–Crippen MR) is 69.7 cm³/mol. The molecule has 1 aliphatic carbocycles. The fourth-order valence-corrected chi connectivity index (χ4v) is 2.65. The number of likely N-dealkylation sites (N-methyl/N-ethyl adjacent to an activating group) is 1.